The van der Waals surface area contributed by atoms with E-state index in [1.54, 1.807) is 7.11 Å². The van der Waals surface area contributed by atoms with Gasteiger partial charge in [-0.2, -0.15) is 0 Å². The van der Waals surface area contributed by atoms with Crippen LogP contribution in [0.5, 0.6) is 0 Å². The molecule has 18 heavy (non-hydrogen) atoms. The lowest BCUT2D eigenvalue weighted by atomic mass is 10.2. The van der Waals surface area contributed by atoms with Gasteiger partial charge in [-0.25, -0.2) is 4.79 Å². The molecule has 0 aromatic heterocycles. The summed E-state index contributed by atoms with van der Waals surface area (Å²) in [7, 11) is 1.64. The van der Waals surface area contributed by atoms with Crippen LogP contribution in [0.15, 0.2) is 24.3 Å². The first-order chi connectivity index (χ1) is 8.70. The highest BCUT2D eigenvalue weighted by molar-refractivity contribution is 5.90. The number of carbonyl (C=O) groups is 1. The molecule has 0 heterocycles. The van der Waals surface area contributed by atoms with E-state index in [1.165, 1.54) is 12.8 Å². The van der Waals surface area contributed by atoms with Crippen LogP contribution in [0.3, 0.4) is 0 Å². The number of nitrogens with one attached hydrogen (secondary N) is 2. The molecule has 2 rings (SSSR count). The molecule has 0 radical (unpaired) electrons. The smallest absolute Gasteiger partial charge is 0.319 e. The molecule has 0 bridgehead atoms. The molecule has 4 heteroatoms. The quantitative estimate of drug-likeness (QED) is 0.841. The summed E-state index contributed by atoms with van der Waals surface area (Å²) >= 11 is 0. The summed E-state index contributed by atoms with van der Waals surface area (Å²) in [5.41, 5.74) is 1.79. The zero-order valence-corrected chi connectivity index (χ0v) is 10.9. The zero-order chi connectivity index (χ0) is 13.0. The Kier molecular flexibility index (Phi) is 4.20. The molecule has 1 unspecified atom stereocenters. The minimum Gasteiger partial charge on any atom is -0.380 e. The monoisotopic (exact) mass is 248 g/mol. The van der Waals surface area contributed by atoms with E-state index in [-0.39, 0.29) is 12.1 Å². The number of hydrogen-bond acceptors (Lipinski definition) is 2. The average molecular weight is 248 g/mol. The third-order valence-corrected chi connectivity index (χ3v) is 3.25. The topological polar surface area (TPSA) is 50.4 Å². The average Bonchev–Trinajstić information content (AvgIpc) is 3.15. The third kappa shape index (κ3) is 3.47. The highest BCUT2D eigenvalue weighted by atomic mass is 16.5. The van der Waals surface area contributed by atoms with Crippen molar-refractivity contribution >= 4 is 11.7 Å². The van der Waals surface area contributed by atoms with Gasteiger partial charge in [0.2, 0.25) is 0 Å². The van der Waals surface area contributed by atoms with Gasteiger partial charge in [0.1, 0.15) is 0 Å². The number of anilines is 1. The number of ether oxygens (including phenoxy) is 1. The molecule has 1 saturated carbocycles. The van der Waals surface area contributed by atoms with Crippen LogP contribution in [-0.2, 0) is 11.3 Å². The van der Waals surface area contributed by atoms with E-state index in [9.17, 15) is 4.79 Å². The minimum absolute atomic E-state index is 0.141. The summed E-state index contributed by atoms with van der Waals surface area (Å²) in [6.45, 7) is 2.55. The van der Waals surface area contributed by atoms with Crippen LogP contribution in [0.4, 0.5) is 10.5 Å². The van der Waals surface area contributed by atoms with E-state index in [1.807, 2.05) is 24.3 Å². The summed E-state index contributed by atoms with van der Waals surface area (Å²) in [5.74, 6) is 0.657. The van der Waals surface area contributed by atoms with Crippen LogP contribution in [-0.4, -0.2) is 19.2 Å². The lowest BCUT2D eigenvalue weighted by Crippen LogP contribution is -2.37. The molecule has 2 amide bonds. The molecule has 1 aromatic rings. The number of benzene rings is 1. The van der Waals surface area contributed by atoms with Crippen LogP contribution in [0, 0.1) is 5.92 Å². The second kappa shape index (κ2) is 5.87. The molecule has 0 saturated heterocycles. The molecule has 98 valence electrons. The number of amides is 2. The van der Waals surface area contributed by atoms with Crippen molar-refractivity contribution in [2.45, 2.75) is 32.4 Å². The number of urea groups is 1. The van der Waals surface area contributed by atoms with Gasteiger partial charge < -0.3 is 15.4 Å². The van der Waals surface area contributed by atoms with Gasteiger partial charge >= 0.3 is 6.03 Å². The van der Waals surface area contributed by atoms with E-state index in [0.29, 0.717) is 12.5 Å². The van der Waals surface area contributed by atoms with Crippen LogP contribution in [0.1, 0.15) is 25.3 Å². The van der Waals surface area contributed by atoms with Crippen LogP contribution >= 0.6 is 0 Å². The van der Waals surface area contributed by atoms with Crippen molar-refractivity contribution in [1.82, 2.24) is 5.32 Å². The molecule has 1 atom stereocenters. The van der Waals surface area contributed by atoms with Crippen LogP contribution in [0.2, 0.25) is 0 Å². The highest BCUT2D eigenvalue weighted by Crippen LogP contribution is 2.32. The van der Waals surface area contributed by atoms with Gasteiger partial charge in [-0.3, -0.25) is 0 Å². The van der Waals surface area contributed by atoms with Gasteiger partial charge in [-0.15, -0.1) is 0 Å². The number of hydrogen-bond donors (Lipinski definition) is 2. The van der Waals surface area contributed by atoms with E-state index in [0.717, 1.165) is 11.3 Å². The molecule has 0 spiro atoms. The Balaban J connectivity index is 1.93. The third-order valence-electron chi connectivity index (χ3n) is 3.25. The van der Waals surface area contributed by atoms with E-state index < -0.39 is 0 Å². The molecule has 4 nitrogen and oxygen atoms in total. The first-order valence-electron chi connectivity index (χ1n) is 6.35. The molecule has 1 aliphatic carbocycles. The predicted molar refractivity (Wildman–Crippen MR) is 71.5 cm³/mol. The maximum Gasteiger partial charge on any atom is 0.319 e. The molecule has 1 aromatic carbocycles. The number of para-hydroxylation sites is 1. The summed E-state index contributed by atoms with van der Waals surface area (Å²) in [6, 6.07) is 7.78. The van der Waals surface area contributed by atoms with Gasteiger partial charge in [-0.05, 0) is 31.7 Å². The van der Waals surface area contributed by atoms with Gasteiger partial charge in [0.15, 0.2) is 0 Å². The Bertz CT molecular complexity index is 416. The molecule has 1 fully saturated rings. The lowest BCUT2D eigenvalue weighted by Gasteiger charge is -2.15. The highest BCUT2D eigenvalue weighted by Gasteiger charge is 2.28. The second-order valence-electron chi connectivity index (χ2n) is 4.81. The Morgan fingerprint density at radius 1 is 1.44 bits per heavy atom. The predicted octanol–water partition coefficient (Wildman–Crippen LogP) is 2.75. The summed E-state index contributed by atoms with van der Waals surface area (Å²) in [5, 5.41) is 5.85. The number of rotatable bonds is 5. The Hall–Kier alpha value is -1.55. The van der Waals surface area contributed by atoms with Gasteiger partial charge in [0, 0.05) is 24.4 Å². The number of carbonyl (C=O) groups excluding carboxylic acids is 1. The maximum atomic E-state index is 11.8. The van der Waals surface area contributed by atoms with Gasteiger partial charge in [0.05, 0.1) is 6.61 Å². The van der Waals surface area contributed by atoms with Crippen molar-refractivity contribution in [3.05, 3.63) is 29.8 Å². The fourth-order valence-corrected chi connectivity index (χ4v) is 2.00. The lowest BCUT2D eigenvalue weighted by molar-refractivity contribution is 0.185. The summed E-state index contributed by atoms with van der Waals surface area (Å²) in [4.78, 5) is 11.8. The number of methoxy groups -OCH3 is 1. The van der Waals surface area contributed by atoms with E-state index in [4.69, 9.17) is 4.74 Å². The second-order valence-corrected chi connectivity index (χ2v) is 4.81. The normalized spacial score (nSPS) is 16.1. The fraction of sp³-hybridized carbons (Fsp3) is 0.500. The van der Waals surface area contributed by atoms with Crippen molar-refractivity contribution in [2.75, 3.05) is 12.4 Å². The van der Waals surface area contributed by atoms with Crippen molar-refractivity contribution in [2.24, 2.45) is 5.92 Å². The molecule has 2 N–H and O–H groups in total. The first kappa shape index (κ1) is 12.9. The minimum atomic E-state index is -0.141. The summed E-state index contributed by atoms with van der Waals surface area (Å²) < 4.78 is 5.11. The van der Waals surface area contributed by atoms with Crippen molar-refractivity contribution < 1.29 is 9.53 Å². The van der Waals surface area contributed by atoms with Crippen molar-refractivity contribution in [3.8, 4) is 0 Å². The molecular weight excluding hydrogens is 228 g/mol. The van der Waals surface area contributed by atoms with E-state index >= 15 is 0 Å². The SMILES string of the molecule is COCc1ccccc1NC(=O)NC(C)C1CC1. The first-order valence-corrected chi connectivity index (χ1v) is 6.35. The maximum absolute atomic E-state index is 11.8. The zero-order valence-electron chi connectivity index (χ0n) is 10.9. The van der Waals surface area contributed by atoms with Crippen LogP contribution in [0.25, 0.3) is 0 Å². The molecule has 0 aliphatic heterocycles. The molecule has 1 aliphatic rings. The summed E-state index contributed by atoms with van der Waals surface area (Å²) in [6.07, 6.45) is 2.45. The Labute approximate surface area is 108 Å². The van der Waals surface area contributed by atoms with Gasteiger partial charge in [0.25, 0.3) is 0 Å². The van der Waals surface area contributed by atoms with Crippen molar-refractivity contribution in [1.29, 1.82) is 0 Å². The standard InChI is InChI=1S/C14H20N2O2/c1-10(11-7-8-11)15-14(17)16-13-6-4-3-5-12(13)9-18-2/h3-6,10-11H,7-9H2,1-2H3,(H2,15,16,17). The van der Waals surface area contributed by atoms with Crippen molar-refractivity contribution in [3.63, 3.8) is 0 Å². The van der Waals surface area contributed by atoms with E-state index in [2.05, 4.69) is 17.6 Å². The van der Waals surface area contributed by atoms with Crippen LogP contribution < -0.4 is 10.6 Å². The largest absolute Gasteiger partial charge is 0.380 e. The fourth-order valence-electron chi connectivity index (χ4n) is 2.00. The van der Waals surface area contributed by atoms with Gasteiger partial charge in [-0.1, -0.05) is 18.2 Å². The Morgan fingerprint density at radius 2 is 2.17 bits per heavy atom. The molecular formula is C14H20N2O2. The Morgan fingerprint density at radius 3 is 2.83 bits per heavy atom.